The number of amides is 1. The van der Waals surface area contributed by atoms with Crippen molar-refractivity contribution in [3.63, 3.8) is 0 Å². The maximum atomic E-state index is 12.0. The fraction of sp³-hybridized carbons (Fsp3) is 0.235. The van der Waals surface area contributed by atoms with Gasteiger partial charge in [-0.1, -0.05) is 35.9 Å². The van der Waals surface area contributed by atoms with Gasteiger partial charge in [0.1, 0.15) is 11.5 Å². The summed E-state index contributed by atoms with van der Waals surface area (Å²) < 4.78 is 10.6. The van der Waals surface area contributed by atoms with E-state index in [0.29, 0.717) is 16.5 Å². The predicted molar refractivity (Wildman–Crippen MR) is 86.5 cm³/mol. The second-order valence-electron chi connectivity index (χ2n) is 4.78. The second kappa shape index (κ2) is 7.71. The maximum Gasteiger partial charge on any atom is 0.258 e. The van der Waals surface area contributed by atoms with E-state index in [9.17, 15) is 4.79 Å². The van der Waals surface area contributed by atoms with Gasteiger partial charge in [0.25, 0.3) is 5.91 Å². The van der Waals surface area contributed by atoms with Crippen LogP contribution in [0.3, 0.4) is 0 Å². The van der Waals surface area contributed by atoms with Crippen LogP contribution in [0.4, 0.5) is 0 Å². The SMILES string of the molecule is COc1cccc(OCC(=O)NC(C)c2ccccc2Cl)c1. The van der Waals surface area contributed by atoms with Crippen LogP contribution in [-0.2, 0) is 4.79 Å². The molecule has 1 atom stereocenters. The Morgan fingerprint density at radius 1 is 1.18 bits per heavy atom. The molecule has 0 aliphatic carbocycles. The van der Waals surface area contributed by atoms with E-state index in [4.69, 9.17) is 21.1 Å². The molecule has 5 heteroatoms. The Morgan fingerprint density at radius 3 is 2.64 bits per heavy atom. The molecular formula is C17H18ClNO3. The molecule has 2 rings (SSSR count). The van der Waals surface area contributed by atoms with Gasteiger partial charge in [0.2, 0.25) is 0 Å². The lowest BCUT2D eigenvalue weighted by Crippen LogP contribution is -2.31. The molecule has 0 fully saturated rings. The molecule has 2 aromatic carbocycles. The maximum absolute atomic E-state index is 12.0. The Hall–Kier alpha value is -2.20. The van der Waals surface area contributed by atoms with Crippen LogP contribution in [0.1, 0.15) is 18.5 Å². The van der Waals surface area contributed by atoms with Crippen molar-refractivity contribution in [3.05, 3.63) is 59.1 Å². The molecule has 0 heterocycles. The van der Waals surface area contributed by atoms with Crippen LogP contribution in [0.2, 0.25) is 5.02 Å². The van der Waals surface area contributed by atoms with Crippen LogP contribution in [0.25, 0.3) is 0 Å². The summed E-state index contributed by atoms with van der Waals surface area (Å²) >= 11 is 6.11. The Bertz CT molecular complexity index is 645. The van der Waals surface area contributed by atoms with E-state index in [2.05, 4.69) is 5.32 Å². The van der Waals surface area contributed by atoms with Crippen molar-refractivity contribution >= 4 is 17.5 Å². The van der Waals surface area contributed by atoms with Crippen molar-refractivity contribution in [1.29, 1.82) is 0 Å². The molecule has 0 aromatic heterocycles. The predicted octanol–water partition coefficient (Wildman–Crippen LogP) is 3.60. The number of ether oxygens (including phenoxy) is 2. The summed E-state index contributed by atoms with van der Waals surface area (Å²) in [6, 6.07) is 14.4. The molecule has 1 unspecified atom stereocenters. The summed E-state index contributed by atoms with van der Waals surface area (Å²) in [5, 5.41) is 3.48. The number of carbonyl (C=O) groups is 1. The quantitative estimate of drug-likeness (QED) is 0.885. The number of rotatable bonds is 6. The van der Waals surface area contributed by atoms with Crippen LogP contribution < -0.4 is 14.8 Å². The molecule has 22 heavy (non-hydrogen) atoms. The number of methoxy groups -OCH3 is 1. The molecule has 116 valence electrons. The highest BCUT2D eigenvalue weighted by Crippen LogP contribution is 2.22. The molecule has 1 N–H and O–H groups in total. The van der Waals surface area contributed by atoms with E-state index in [1.54, 1.807) is 31.4 Å². The first kappa shape index (κ1) is 16.2. The van der Waals surface area contributed by atoms with Crippen LogP contribution in [0, 0.1) is 0 Å². The van der Waals surface area contributed by atoms with Gasteiger partial charge in [-0.3, -0.25) is 4.79 Å². The van der Waals surface area contributed by atoms with E-state index in [1.165, 1.54) is 0 Å². The van der Waals surface area contributed by atoms with Crippen LogP contribution in [0.5, 0.6) is 11.5 Å². The standard InChI is InChI=1S/C17H18ClNO3/c1-12(15-8-3-4-9-16(15)18)19-17(20)11-22-14-7-5-6-13(10-14)21-2/h3-10,12H,11H2,1-2H3,(H,19,20). The van der Waals surface area contributed by atoms with Gasteiger partial charge < -0.3 is 14.8 Å². The van der Waals surface area contributed by atoms with Gasteiger partial charge in [-0.15, -0.1) is 0 Å². The fourth-order valence-corrected chi connectivity index (χ4v) is 2.33. The minimum absolute atomic E-state index is 0.0675. The highest BCUT2D eigenvalue weighted by Gasteiger charge is 2.12. The van der Waals surface area contributed by atoms with Crippen LogP contribution >= 0.6 is 11.6 Å². The molecular weight excluding hydrogens is 302 g/mol. The molecule has 0 radical (unpaired) electrons. The van der Waals surface area contributed by atoms with Crippen LogP contribution in [0.15, 0.2) is 48.5 Å². The molecule has 0 bridgehead atoms. The molecule has 0 saturated heterocycles. The molecule has 0 saturated carbocycles. The average Bonchev–Trinajstić information content (AvgIpc) is 2.53. The fourth-order valence-electron chi connectivity index (χ4n) is 2.03. The Kier molecular flexibility index (Phi) is 5.67. The van der Waals surface area contributed by atoms with Gasteiger partial charge in [0, 0.05) is 11.1 Å². The zero-order valence-electron chi connectivity index (χ0n) is 12.5. The Labute approximate surface area is 135 Å². The number of benzene rings is 2. The lowest BCUT2D eigenvalue weighted by Gasteiger charge is -2.16. The van der Waals surface area contributed by atoms with Crippen molar-refractivity contribution in [2.75, 3.05) is 13.7 Å². The normalized spacial score (nSPS) is 11.6. The van der Waals surface area contributed by atoms with Crippen molar-refractivity contribution in [1.82, 2.24) is 5.32 Å². The van der Waals surface area contributed by atoms with Crippen molar-refractivity contribution in [2.45, 2.75) is 13.0 Å². The molecule has 0 aliphatic rings. The van der Waals surface area contributed by atoms with Gasteiger partial charge >= 0.3 is 0 Å². The third-order valence-electron chi connectivity index (χ3n) is 3.16. The smallest absolute Gasteiger partial charge is 0.258 e. The minimum atomic E-state index is -0.213. The molecule has 0 spiro atoms. The van der Waals surface area contributed by atoms with Crippen LogP contribution in [-0.4, -0.2) is 19.6 Å². The van der Waals surface area contributed by atoms with E-state index >= 15 is 0 Å². The first-order valence-corrected chi connectivity index (χ1v) is 7.28. The van der Waals surface area contributed by atoms with Crippen molar-refractivity contribution in [3.8, 4) is 11.5 Å². The average molecular weight is 320 g/mol. The summed E-state index contributed by atoms with van der Waals surface area (Å²) in [6.45, 7) is 1.81. The largest absolute Gasteiger partial charge is 0.497 e. The summed E-state index contributed by atoms with van der Waals surface area (Å²) in [6.07, 6.45) is 0. The number of hydrogen-bond acceptors (Lipinski definition) is 3. The Morgan fingerprint density at radius 2 is 1.91 bits per heavy atom. The third-order valence-corrected chi connectivity index (χ3v) is 3.50. The number of halogens is 1. The molecule has 4 nitrogen and oxygen atoms in total. The van der Waals surface area contributed by atoms with Crippen molar-refractivity contribution in [2.24, 2.45) is 0 Å². The Balaban J connectivity index is 1.89. The monoisotopic (exact) mass is 319 g/mol. The van der Waals surface area contributed by atoms with Gasteiger partial charge in [-0.2, -0.15) is 0 Å². The highest BCUT2D eigenvalue weighted by atomic mass is 35.5. The van der Waals surface area contributed by atoms with E-state index in [0.717, 1.165) is 5.56 Å². The first-order valence-electron chi connectivity index (χ1n) is 6.91. The summed E-state index contributed by atoms with van der Waals surface area (Å²) in [5.74, 6) is 1.05. The topological polar surface area (TPSA) is 47.6 Å². The van der Waals surface area contributed by atoms with E-state index in [-0.39, 0.29) is 18.6 Å². The van der Waals surface area contributed by atoms with Crippen molar-refractivity contribution < 1.29 is 14.3 Å². The second-order valence-corrected chi connectivity index (χ2v) is 5.19. The number of carbonyl (C=O) groups excluding carboxylic acids is 1. The third kappa shape index (κ3) is 4.40. The zero-order chi connectivity index (χ0) is 15.9. The highest BCUT2D eigenvalue weighted by molar-refractivity contribution is 6.31. The van der Waals surface area contributed by atoms with Gasteiger partial charge in [0.15, 0.2) is 6.61 Å². The minimum Gasteiger partial charge on any atom is -0.497 e. The summed E-state index contributed by atoms with van der Waals surface area (Å²) in [5.41, 5.74) is 0.874. The van der Waals surface area contributed by atoms with E-state index in [1.807, 2.05) is 31.2 Å². The lowest BCUT2D eigenvalue weighted by atomic mass is 10.1. The van der Waals surface area contributed by atoms with E-state index < -0.39 is 0 Å². The molecule has 0 aliphatic heterocycles. The number of hydrogen-bond donors (Lipinski definition) is 1. The first-order chi connectivity index (χ1) is 10.6. The summed E-state index contributed by atoms with van der Waals surface area (Å²) in [4.78, 5) is 12.0. The van der Waals surface area contributed by atoms with Gasteiger partial charge in [-0.05, 0) is 30.7 Å². The summed E-state index contributed by atoms with van der Waals surface area (Å²) in [7, 11) is 1.58. The zero-order valence-corrected chi connectivity index (χ0v) is 13.3. The van der Waals surface area contributed by atoms with Gasteiger partial charge in [-0.25, -0.2) is 0 Å². The molecule has 2 aromatic rings. The van der Waals surface area contributed by atoms with Gasteiger partial charge in [0.05, 0.1) is 13.2 Å². The number of nitrogens with one attached hydrogen (secondary N) is 1. The molecule has 1 amide bonds. The lowest BCUT2D eigenvalue weighted by molar-refractivity contribution is -0.123.